The molecule has 0 aliphatic carbocycles. The highest BCUT2D eigenvalue weighted by Gasteiger charge is 2.23. The molecule has 3 N–H and O–H groups in total. The molecule has 19 heavy (non-hydrogen) atoms. The van der Waals surface area contributed by atoms with E-state index in [-0.39, 0.29) is 13.2 Å². The second-order valence-electron chi connectivity index (χ2n) is 4.30. The molecule has 1 aliphatic rings. The highest BCUT2D eigenvalue weighted by atomic mass is 16.5. The summed E-state index contributed by atoms with van der Waals surface area (Å²) in [5.74, 6) is -0.394. The molecule has 0 fully saturated rings. The molecule has 0 spiro atoms. The van der Waals surface area contributed by atoms with Gasteiger partial charge in [0.25, 0.3) is 0 Å². The third-order valence-electron chi connectivity index (χ3n) is 2.97. The molecule has 0 saturated heterocycles. The molecule has 6 heteroatoms. The molecule has 0 unspecified atom stereocenters. The van der Waals surface area contributed by atoms with Gasteiger partial charge in [-0.3, -0.25) is 10.1 Å². The third kappa shape index (κ3) is 2.96. The van der Waals surface area contributed by atoms with Gasteiger partial charge in [-0.1, -0.05) is 12.1 Å². The molecule has 0 bridgehead atoms. The van der Waals surface area contributed by atoms with Gasteiger partial charge in [0.05, 0.1) is 24.5 Å². The maximum atomic E-state index is 11.7. The summed E-state index contributed by atoms with van der Waals surface area (Å²) >= 11 is 0. The molecule has 1 heterocycles. The van der Waals surface area contributed by atoms with E-state index < -0.39 is 12.0 Å². The topological polar surface area (TPSA) is 84.7 Å². The summed E-state index contributed by atoms with van der Waals surface area (Å²) in [6.45, 7) is 2.74. The van der Waals surface area contributed by atoms with Crippen molar-refractivity contribution in [2.75, 3.05) is 30.3 Å². The maximum Gasteiger partial charge on any atom is 0.413 e. The van der Waals surface area contributed by atoms with E-state index >= 15 is 0 Å². The van der Waals surface area contributed by atoms with E-state index in [1.54, 1.807) is 13.0 Å². The highest BCUT2D eigenvalue weighted by Crippen LogP contribution is 2.33. The molecular weight excluding hydrogens is 246 g/mol. The lowest BCUT2D eigenvalue weighted by molar-refractivity contribution is -0.119. The number of anilines is 2. The predicted octanol–water partition coefficient (Wildman–Crippen LogP) is 0.904. The first-order chi connectivity index (χ1) is 9.11. The number of imide groups is 1. The zero-order valence-corrected chi connectivity index (χ0v) is 10.8. The van der Waals surface area contributed by atoms with Crippen molar-refractivity contribution >= 4 is 23.4 Å². The standard InChI is InChI=1S/C13H17N3O3/c1-2-19-13(18)15-11(17)8-16-7-6-9-4-3-5-10(14)12(9)16/h3-5H,2,6-8,14H2,1H3,(H,15,17,18). The number of nitrogen functional groups attached to an aromatic ring is 1. The average molecular weight is 263 g/mol. The van der Waals surface area contributed by atoms with Crippen molar-refractivity contribution < 1.29 is 14.3 Å². The van der Waals surface area contributed by atoms with Crippen LogP contribution in [0.2, 0.25) is 0 Å². The van der Waals surface area contributed by atoms with Crippen molar-refractivity contribution in [1.29, 1.82) is 0 Å². The molecular formula is C13H17N3O3. The van der Waals surface area contributed by atoms with Crippen LogP contribution >= 0.6 is 0 Å². The lowest BCUT2D eigenvalue weighted by Gasteiger charge is -2.19. The number of nitrogens with two attached hydrogens (primary N) is 1. The minimum absolute atomic E-state index is 0.0972. The van der Waals surface area contributed by atoms with Gasteiger partial charge >= 0.3 is 6.09 Å². The largest absolute Gasteiger partial charge is 0.450 e. The summed E-state index contributed by atoms with van der Waals surface area (Å²) < 4.78 is 4.66. The van der Waals surface area contributed by atoms with Gasteiger partial charge in [-0.15, -0.1) is 0 Å². The van der Waals surface area contributed by atoms with Crippen molar-refractivity contribution in [3.05, 3.63) is 23.8 Å². The maximum absolute atomic E-state index is 11.7. The minimum Gasteiger partial charge on any atom is -0.450 e. The van der Waals surface area contributed by atoms with Crippen LogP contribution in [-0.4, -0.2) is 31.7 Å². The van der Waals surface area contributed by atoms with Crippen molar-refractivity contribution in [1.82, 2.24) is 5.32 Å². The molecule has 0 radical (unpaired) electrons. The number of fused-ring (bicyclic) bond motifs is 1. The molecule has 1 aliphatic heterocycles. The van der Waals surface area contributed by atoms with Crippen molar-refractivity contribution in [3.8, 4) is 0 Å². The van der Waals surface area contributed by atoms with Crippen LogP contribution in [0.15, 0.2) is 18.2 Å². The summed E-state index contributed by atoms with van der Waals surface area (Å²) in [7, 11) is 0. The Bertz CT molecular complexity index is 502. The number of carbonyl (C=O) groups is 2. The van der Waals surface area contributed by atoms with E-state index in [1.807, 2.05) is 17.0 Å². The molecule has 0 atom stereocenters. The summed E-state index contributed by atoms with van der Waals surface area (Å²) in [5, 5.41) is 2.18. The third-order valence-corrected chi connectivity index (χ3v) is 2.97. The van der Waals surface area contributed by atoms with Crippen molar-refractivity contribution in [2.24, 2.45) is 0 Å². The lowest BCUT2D eigenvalue weighted by Crippen LogP contribution is -2.39. The van der Waals surface area contributed by atoms with Gasteiger partial charge in [-0.25, -0.2) is 4.79 Å². The Hall–Kier alpha value is -2.24. The molecule has 0 saturated carbocycles. The van der Waals surface area contributed by atoms with Crippen LogP contribution in [0.5, 0.6) is 0 Å². The first-order valence-corrected chi connectivity index (χ1v) is 6.20. The first-order valence-electron chi connectivity index (χ1n) is 6.20. The minimum atomic E-state index is -0.715. The van der Waals surface area contributed by atoms with E-state index in [0.29, 0.717) is 5.69 Å². The smallest absolute Gasteiger partial charge is 0.413 e. The summed E-state index contributed by atoms with van der Waals surface area (Å²) in [6.07, 6.45) is 0.139. The SMILES string of the molecule is CCOC(=O)NC(=O)CN1CCc2cccc(N)c21. The van der Waals surface area contributed by atoms with Crippen LogP contribution in [0.4, 0.5) is 16.2 Å². The van der Waals surface area contributed by atoms with E-state index in [4.69, 9.17) is 5.73 Å². The molecule has 6 nitrogen and oxygen atoms in total. The number of benzene rings is 1. The Balaban J connectivity index is 1.99. The number of nitrogens with zero attached hydrogens (tertiary/aromatic N) is 1. The number of nitrogens with one attached hydrogen (secondary N) is 1. The normalized spacial score (nSPS) is 13.0. The summed E-state index contributed by atoms with van der Waals surface area (Å²) in [5.41, 5.74) is 8.59. The Kier molecular flexibility index (Phi) is 3.89. The number of amides is 2. The van der Waals surface area contributed by atoms with Gasteiger partial charge < -0.3 is 15.4 Å². The van der Waals surface area contributed by atoms with Gasteiger partial charge in [-0.2, -0.15) is 0 Å². The Morgan fingerprint density at radius 2 is 2.26 bits per heavy atom. The Labute approximate surface area is 111 Å². The van der Waals surface area contributed by atoms with Crippen LogP contribution in [0.1, 0.15) is 12.5 Å². The Morgan fingerprint density at radius 1 is 1.47 bits per heavy atom. The van der Waals surface area contributed by atoms with Gasteiger partial charge in [0.1, 0.15) is 0 Å². The quantitative estimate of drug-likeness (QED) is 0.792. The predicted molar refractivity (Wildman–Crippen MR) is 71.9 cm³/mol. The van der Waals surface area contributed by atoms with E-state index in [0.717, 1.165) is 24.2 Å². The molecule has 1 aromatic carbocycles. The first kappa shape index (κ1) is 13.2. The van der Waals surface area contributed by atoms with Crippen LogP contribution in [0.3, 0.4) is 0 Å². The van der Waals surface area contributed by atoms with Gasteiger partial charge in [0.15, 0.2) is 0 Å². The van der Waals surface area contributed by atoms with Gasteiger partial charge in [0, 0.05) is 6.54 Å². The monoisotopic (exact) mass is 263 g/mol. The summed E-state index contributed by atoms with van der Waals surface area (Å²) in [6, 6.07) is 5.70. The zero-order chi connectivity index (χ0) is 13.8. The molecule has 0 aromatic heterocycles. The fourth-order valence-electron chi connectivity index (χ4n) is 2.22. The van der Waals surface area contributed by atoms with Crippen LogP contribution in [0.25, 0.3) is 0 Å². The van der Waals surface area contributed by atoms with Gasteiger partial charge in [0.2, 0.25) is 5.91 Å². The van der Waals surface area contributed by atoms with Crippen molar-refractivity contribution in [2.45, 2.75) is 13.3 Å². The number of para-hydroxylation sites is 1. The van der Waals surface area contributed by atoms with E-state index in [9.17, 15) is 9.59 Å². The zero-order valence-electron chi connectivity index (χ0n) is 10.8. The van der Waals surface area contributed by atoms with E-state index in [2.05, 4.69) is 10.1 Å². The van der Waals surface area contributed by atoms with Gasteiger partial charge in [-0.05, 0) is 25.0 Å². The number of hydrogen-bond acceptors (Lipinski definition) is 5. The summed E-state index contributed by atoms with van der Waals surface area (Å²) in [4.78, 5) is 24.7. The van der Waals surface area contributed by atoms with Crippen molar-refractivity contribution in [3.63, 3.8) is 0 Å². The van der Waals surface area contributed by atoms with E-state index in [1.165, 1.54) is 0 Å². The fraction of sp³-hybridized carbons (Fsp3) is 0.385. The number of alkyl carbamates (subject to hydrolysis) is 1. The highest BCUT2D eigenvalue weighted by molar-refractivity contribution is 5.95. The number of rotatable bonds is 3. The number of hydrogen-bond donors (Lipinski definition) is 2. The van der Waals surface area contributed by atoms with Crippen LogP contribution in [-0.2, 0) is 16.0 Å². The molecule has 2 amide bonds. The second-order valence-corrected chi connectivity index (χ2v) is 4.30. The van der Waals surface area contributed by atoms with Crippen LogP contribution < -0.4 is 16.0 Å². The average Bonchev–Trinajstić information content (AvgIpc) is 2.74. The number of carbonyl (C=O) groups excluding carboxylic acids is 2. The molecule has 102 valence electrons. The molecule has 1 aromatic rings. The lowest BCUT2D eigenvalue weighted by atomic mass is 10.1. The number of ether oxygens (including phenoxy) is 1. The second kappa shape index (κ2) is 5.60. The molecule has 2 rings (SSSR count). The van der Waals surface area contributed by atoms with Crippen LogP contribution in [0, 0.1) is 0 Å². The Morgan fingerprint density at radius 3 is 3.00 bits per heavy atom. The fourth-order valence-corrected chi connectivity index (χ4v) is 2.22.